The van der Waals surface area contributed by atoms with Crippen LogP contribution in [0.4, 0.5) is 11.4 Å². The minimum absolute atomic E-state index is 0.112. The van der Waals surface area contributed by atoms with Gasteiger partial charge < -0.3 is 0 Å². The van der Waals surface area contributed by atoms with E-state index >= 15 is 0 Å². The topological polar surface area (TPSA) is 128 Å². The molecule has 9 nitrogen and oxygen atoms in total. The van der Waals surface area contributed by atoms with Crippen LogP contribution in [0.3, 0.4) is 0 Å². The molecular formula is C14H10N4O5. The van der Waals surface area contributed by atoms with Gasteiger partial charge in [0, 0.05) is 23.8 Å². The molecule has 0 aliphatic heterocycles. The molecule has 0 heterocycles. The lowest BCUT2D eigenvalue weighted by atomic mass is 10.2. The summed E-state index contributed by atoms with van der Waals surface area (Å²) >= 11 is 0. The molecule has 2 aromatic rings. The minimum atomic E-state index is -0.751. The van der Waals surface area contributed by atoms with E-state index in [0.717, 1.165) is 0 Å². The van der Waals surface area contributed by atoms with Gasteiger partial charge in [0.2, 0.25) is 0 Å². The predicted octanol–water partition coefficient (Wildman–Crippen LogP) is 2.27. The van der Waals surface area contributed by atoms with Crippen LogP contribution in [0.5, 0.6) is 0 Å². The lowest BCUT2D eigenvalue weighted by molar-refractivity contribution is -0.385. The van der Waals surface area contributed by atoms with E-state index in [2.05, 4.69) is 10.5 Å². The van der Waals surface area contributed by atoms with E-state index in [1.807, 2.05) is 0 Å². The number of amides is 1. The van der Waals surface area contributed by atoms with Gasteiger partial charge in [0.25, 0.3) is 17.3 Å². The third kappa shape index (κ3) is 3.94. The Morgan fingerprint density at radius 1 is 1.04 bits per heavy atom. The number of hydrogen-bond acceptors (Lipinski definition) is 6. The molecule has 0 saturated heterocycles. The fourth-order valence-electron chi connectivity index (χ4n) is 1.77. The largest absolute Gasteiger partial charge is 0.282 e. The van der Waals surface area contributed by atoms with Gasteiger partial charge in [0.15, 0.2) is 0 Å². The quantitative estimate of drug-likeness (QED) is 0.514. The van der Waals surface area contributed by atoms with Gasteiger partial charge in [-0.1, -0.05) is 24.3 Å². The van der Waals surface area contributed by atoms with Gasteiger partial charge >= 0.3 is 0 Å². The van der Waals surface area contributed by atoms with Crippen molar-refractivity contribution < 1.29 is 14.6 Å². The van der Waals surface area contributed by atoms with Crippen molar-refractivity contribution in [1.29, 1.82) is 0 Å². The summed E-state index contributed by atoms with van der Waals surface area (Å²) in [6, 6.07) is 11.1. The molecule has 116 valence electrons. The molecule has 0 bridgehead atoms. The van der Waals surface area contributed by atoms with Crippen LogP contribution in [0.2, 0.25) is 0 Å². The highest BCUT2D eigenvalue weighted by molar-refractivity contribution is 5.98. The smallest absolute Gasteiger partial charge is 0.267 e. The molecule has 0 spiro atoms. The normalized spacial score (nSPS) is 10.4. The van der Waals surface area contributed by atoms with Crippen LogP contribution in [-0.4, -0.2) is 22.0 Å². The van der Waals surface area contributed by atoms with Gasteiger partial charge in [0.1, 0.15) is 5.56 Å². The van der Waals surface area contributed by atoms with Crippen molar-refractivity contribution in [3.05, 3.63) is 79.9 Å². The van der Waals surface area contributed by atoms with E-state index in [1.165, 1.54) is 48.7 Å². The monoisotopic (exact) mass is 314 g/mol. The molecule has 0 atom stereocenters. The van der Waals surface area contributed by atoms with Crippen LogP contribution in [0, 0.1) is 20.2 Å². The van der Waals surface area contributed by atoms with Crippen LogP contribution in [-0.2, 0) is 0 Å². The summed E-state index contributed by atoms with van der Waals surface area (Å²) in [5, 5.41) is 25.1. The zero-order valence-electron chi connectivity index (χ0n) is 11.6. The average molecular weight is 314 g/mol. The van der Waals surface area contributed by atoms with E-state index in [-0.39, 0.29) is 16.9 Å². The lowest BCUT2D eigenvalue weighted by Gasteiger charge is -2.01. The highest BCUT2D eigenvalue weighted by atomic mass is 16.6. The molecule has 0 saturated carbocycles. The van der Waals surface area contributed by atoms with Crippen LogP contribution < -0.4 is 5.43 Å². The predicted molar refractivity (Wildman–Crippen MR) is 81.3 cm³/mol. The first kappa shape index (κ1) is 15.8. The van der Waals surface area contributed by atoms with Crippen molar-refractivity contribution in [2.75, 3.05) is 0 Å². The molecule has 0 fully saturated rings. The van der Waals surface area contributed by atoms with Crippen LogP contribution in [0.25, 0.3) is 0 Å². The van der Waals surface area contributed by atoms with Crippen LogP contribution in [0.1, 0.15) is 15.9 Å². The Morgan fingerprint density at radius 3 is 2.48 bits per heavy atom. The summed E-state index contributed by atoms with van der Waals surface area (Å²) < 4.78 is 0. The van der Waals surface area contributed by atoms with E-state index < -0.39 is 15.8 Å². The number of carbonyl (C=O) groups excluding carboxylic acids is 1. The first-order valence-electron chi connectivity index (χ1n) is 6.30. The van der Waals surface area contributed by atoms with E-state index in [4.69, 9.17) is 0 Å². The zero-order valence-corrected chi connectivity index (χ0v) is 11.6. The first-order chi connectivity index (χ1) is 11.0. The Hall–Kier alpha value is -3.62. The second-order valence-electron chi connectivity index (χ2n) is 4.33. The van der Waals surface area contributed by atoms with Gasteiger partial charge in [-0.25, -0.2) is 5.43 Å². The van der Waals surface area contributed by atoms with Gasteiger partial charge in [-0.3, -0.25) is 25.0 Å². The van der Waals surface area contributed by atoms with E-state index in [1.54, 1.807) is 6.07 Å². The Kier molecular flexibility index (Phi) is 4.72. The number of nitrogens with zero attached hydrogens (tertiary/aromatic N) is 3. The number of non-ortho nitro benzene ring substituents is 1. The second-order valence-corrected chi connectivity index (χ2v) is 4.33. The van der Waals surface area contributed by atoms with Crippen molar-refractivity contribution in [3.8, 4) is 0 Å². The molecule has 23 heavy (non-hydrogen) atoms. The fraction of sp³-hybridized carbons (Fsp3) is 0. The summed E-state index contributed by atoms with van der Waals surface area (Å²) in [5.41, 5.74) is 1.97. The molecule has 0 radical (unpaired) electrons. The second kappa shape index (κ2) is 6.89. The summed E-state index contributed by atoms with van der Waals surface area (Å²) in [6.45, 7) is 0. The average Bonchev–Trinajstić information content (AvgIpc) is 2.55. The summed E-state index contributed by atoms with van der Waals surface area (Å²) in [6.07, 6.45) is 1.21. The zero-order chi connectivity index (χ0) is 16.8. The third-order valence-electron chi connectivity index (χ3n) is 2.81. The number of para-hydroxylation sites is 1. The molecule has 2 aromatic carbocycles. The molecule has 0 aliphatic carbocycles. The minimum Gasteiger partial charge on any atom is -0.267 e. The highest BCUT2D eigenvalue weighted by Gasteiger charge is 2.18. The maximum atomic E-state index is 11.9. The lowest BCUT2D eigenvalue weighted by Crippen LogP contribution is -2.18. The number of rotatable bonds is 5. The fourth-order valence-corrected chi connectivity index (χ4v) is 1.77. The number of nitro groups is 2. The standard InChI is InChI=1S/C14H10N4O5/c19-14(12-6-1-2-7-13(12)18(22)23)16-15-9-10-4-3-5-11(8-10)17(20)21/h1-9H,(H,16,19)/b15-9-. The van der Waals surface area contributed by atoms with Crippen LogP contribution >= 0.6 is 0 Å². The van der Waals surface area contributed by atoms with Gasteiger partial charge in [-0.05, 0) is 6.07 Å². The molecule has 2 rings (SSSR count). The number of nitrogens with one attached hydrogen (secondary N) is 1. The Morgan fingerprint density at radius 2 is 1.78 bits per heavy atom. The van der Waals surface area contributed by atoms with Crippen molar-refractivity contribution in [2.24, 2.45) is 5.10 Å². The molecule has 0 aromatic heterocycles. The van der Waals surface area contributed by atoms with E-state index in [0.29, 0.717) is 5.56 Å². The number of nitro benzene ring substituents is 2. The SMILES string of the molecule is O=C(N/N=C\c1cccc([N+](=O)[O-])c1)c1ccccc1[N+](=O)[O-]. The van der Waals surface area contributed by atoms with Crippen LogP contribution in [0.15, 0.2) is 53.6 Å². The summed E-state index contributed by atoms with van der Waals surface area (Å²) in [5.74, 6) is -0.751. The Bertz CT molecular complexity index is 803. The number of hydrazone groups is 1. The molecule has 0 unspecified atom stereocenters. The van der Waals surface area contributed by atoms with Gasteiger partial charge in [-0.15, -0.1) is 0 Å². The van der Waals surface area contributed by atoms with Crippen molar-refractivity contribution >= 4 is 23.5 Å². The Balaban J connectivity index is 2.12. The molecule has 9 heteroatoms. The van der Waals surface area contributed by atoms with Crippen molar-refractivity contribution in [1.82, 2.24) is 5.43 Å². The third-order valence-corrected chi connectivity index (χ3v) is 2.81. The molecular weight excluding hydrogens is 304 g/mol. The van der Waals surface area contributed by atoms with Crippen molar-refractivity contribution in [3.63, 3.8) is 0 Å². The summed E-state index contributed by atoms with van der Waals surface area (Å²) in [4.78, 5) is 32.2. The highest BCUT2D eigenvalue weighted by Crippen LogP contribution is 2.17. The number of carbonyl (C=O) groups is 1. The maximum Gasteiger partial charge on any atom is 0.282 e. The molecule has 1 N–H and O–H groups in total. The van der Waals surface area contributed by atoms with E-state index in [9.17, 15) is 25.0 Å². The maximum absolute atomic E-state index is 11.9. The van der Waals surface area contributed by atoms with Gasteiger partial charge in [0.05, 0.1) is 16.1 Å². The molecule has 1 amide bonds. The summed E-state index contributed by atoms with van der Waals surface area (Å²) in [7, 11) is 0. The number of hydrogen-bond donors (Lipinski definition) is 1. The Labute approximate surface area is 129 Å². The first-order valence-corrected chi connectivity index (χ1v) is 6.30. The van der Waals surface area contributed by atoms with Crippen molar-refractivity contribution in [2.45, 2.75) is 0 Å². The molecule has 0 aliphatic rings. The van der Waals surface area contributed by atoms with Gasteiger partial charge in [-0.2, -0.15) is 5.10 Å². The number of benzene rings is 2.